The molecule has 0 bridgehead atoms. The SMILES string of the molecule is CNc1ccc(C(=O)N(C)CC(F)F)s1. The number of nitrogens with one attached hydrogen (secondary N) is 1. The van der Waals surface area contributed by atoms with Crippen molar-refractivity contribution in [2.45, 2.75) is 6.43 Å². The number of alkyl halides is 2. The van der Waals surface area contributed by atoms with E-state index in [4.69, 9.17) is 0 Å². The van der Waals surface area contributed by atoms with Gasteiger partial charge in [0.05, 0.1) is 16.4 Å². The van der Waals surface area contributed by atoms with Crippen LogP contribution < -0.4 is 5.32 Å². The van der Waals surface area contributed by atoms with Crippen LogP contribution in [0.15, 0.2) is 12.1 Å². The first-order valence-electron chi connectivity index (χ1n) is 4.35. The number of anilines is 1. The number of halogens is 2. The van der Waals surface area contributed by atoms with Crippen molar-refractivity contribution in [3.63, 3.8) is 0 Å². The minimum absolute atomic E-state index is 0.373. The highest BCUT2D eigenvalue weighted by Crippen LogP contribution is 2.22. The lowest BCUT2D eigenvalue weighted by Gasteiger charge is -2.14. The second-order valence-corrected chi connectivity index (χ2v) is 4.07. The van der Waals surface area contributed by atoms with Gasteiger partial charge in [0.2, 0.25) is 0 Å². The summed E-state index contributed by atoms with van der Waals surface area (Å²) in [5.41, 5.74) is 0. The molecule has 1 heterocycles. The minimum atomic E-state index is -2.50. The second-order valence-electron chi connectivity index (χ2n) is 2.99. The lowest BCUT2D eigenvalue weighted by molar-refractivity contribution is 0.0624. The monoisotopic (exact) mass is 234 g/mol. The first kappa shape index (κ1) is 11.9. The smallest absolute Gasteiger partial charge is 0.263 e. The van der Waals surface area contributed by atoms with Crippen molar-refractivity contribution in [3.05, 3.63) is 17.0 Å². The van der Waals surface area contributed by atoms with Crippen LogP contribution in [0.5, 0.6) is 0 Å². The average Bonchev–Trinajstić information content (AvgIpc) is 2.63. The van der Waals surface area contributed by atoms with Gasteiger partial charge >= 0.3 is 0 Å². The highest BCUT2D eigenvalue weighted by molar-refractivity contribution is 7.17. The van der Waals surface area contributed by atoms with E-state index in [1.54, 1.807) is 19.2 Å². The predicted molar refractivity (Wildman–Crippen MR) is 56.8 cm³/mol. The summed E-state index contributed by atoms with van der Waals surface area (Å²) in [6.45, 7) is -0.536. The summed E-state index contributed by atoms with van der Waals surface area (Å²) < 4.78 is 24.1. The van der Waals surface area contributed by atoms with Crippen LogP contribution in [0.1, 0.15) is 9.67 Å². The van der Waals surface area contributed by atoms with Crippen molar-refractivity contribution < 1.29 is 13.6 Å². The van der Waals surface area contributed by atoms with E-state index in [9.17, 15) is 13.6 Å². The van der Waals surface area contributed by atoms with Gasteiger partial charge in [0.1, 0.15) is 0 Å². The number of hydrogen-bond donors (Lipinski definition) is 1. The van der Waals surface area contributed by atoms with E-state index in [-0.39, 0.29) is 5.91 Å². The Bertz CT molecular complexity index is 341. The van der Waals surface area contributed by atoms with E-state index in [1.165, 1.54) is 18.4 Å². The Hall–Kier alpha value is -1.17. The van der Waals surface area contributed by atoms with Crippen LogP contribution in [-0.2, 0) is 0 Å². The van der Waals surface area contributed by atoms with Gasteiger partial charge in [-0.3, -0.25) is 4.79 Å². The molecule has 84 valence electrons. The fourth-order valence-corrected chi connectivity index (χ4v) is 1.92. The van der Waals surface area contributed by atoms with Gasteiger partial charge in [-0.1, -0.05) is 0 Å². The predicted octanol–water partition coefficient (Wildman–Crippen LogP) is 2.13. The molecule has 0 aliphatic carbocycles. The van der Waals surface area contributed by atoms with Gasteiger partial charge in [0.15, 0.2) is 0 Å². The molecule has 6 heteroatoms. The van der Waals surface area contributed by atoms with E-state index in [1.807, 2.05) is 0 Å². The molecule has 0 aliphatic rings. The molecule has 0 aliphatic heterocycles. The summed E-state index contributed by atoms with van der Waals surface area (Å²) in [5.74, 6) is -0.373. The number of hydrogen-bond acceptors (Lipinski definition) is 3. The quantitative estimate of drug-likeness (QED) is 0.865. The third kappa shape index (κ3) is 3.16. The maximum Gasteiger partial charge on any atom is 0.263 e. The van der Waals surface area contributed by atoms with Crippen molar-refractivity contribution in [2.75, 3.05) is 26.0 Å². The zero-order valence-corrected chi connectivity index (χ0v) is 9.28. The Balaban J connectivity index is 2.67. The van der Waals surface area contributed by atoms with Gasteiger partial charge in [0.25, 0.3) is 12.3 Å². The molecule has 0 aromatic carbocycles. The average molecular weight is 234 g/mol. The van der Waals surface area contributed by atoms with E-state index in [0.717, 1.165) is 9.90 Å². The number of carbonyl (C=O) groups excluding carboxylic acids is 1. The summed E-state index contributed by atoms with van der Waals surface area (Å²) >= 11 is 1.25. The number of carbonyl (C=O) groups is 1. The lowest BCUT2D eigenvalue weighted by atomic mass is 10.4. The van der Waals surface area contributed by atoms with Crippen molar-refractivity contribution in [2.24, 2.45) is 0 Å². The topological polar surface area (TPSA) is 32.3 Å². The van der Waals surface area contributed by atoms with Crippen molar-refractivity contribution in [1.82, 2.24) is 4.90 Å². The molecule has 0 atom stereocenters. The summed E-state index contributed by atoms with van der Waals surface area (Å²) in [7, 11) is 3.11. The molecule has 1 amide bonds. The van der Waals surface area contributed by atoms with E-state index >= 15 is 0 Å². The van der Waals surface area contributed by atoms with Crippen LogP contribution in [0.2, 0.25) is 0 Å². The van der Waals surface area contributed by atoms with Gasteiger partial charge in [-0.15, -0.1) is 11.3 Å². The number of rotatable bonds is 4. The minimum Gasteiger partial charge on any atom is -0.380 e. The fourth-order valence-electron chi connectivity index (χ4n) is 1.07. The van der Waals surface area contributed by atoms with Crippen molar-refractivity contribution in [3.8, 4) is 0 Å². The highest BCUT2D eigenvalue weighted by atomic mass is 32.1. The second kappa shape index (κ2) is 5.06. The van der Waals surface area contributed by atoms with Crippen molar-refractivity contribution in [1.29, 1.82) is 0 Å². The third-order valence-corrected chi connectivity index (χ3v) is 2.91. The molecule has 0 unspecified atom stereocenters. The molecule has 0 spiro atoms. The zero-order valence-electron chi connectivity index (χ0n) is 8.46. The van der Waals surface area contributed by atoms with Gasteiger partial charge in [0, 0.05) is 14.1 Å². The van der Waals surface area contributed by atoms with E-state index < -0.39 is 13.0 Å². The molecule has 15 heavy (non-hydrogen) atoms. The van der Waals surface area contributed by atoms with Crippen molar-refractivity contribution >= 4 is 22.2 Å². The molecule has 0 radical (unpaired) electrons. The molecule has 0 fully saturated rings. The van der Waals surface area contributed by atoms with Gasteiger partial charge in [-0.25, -0.2) is 8.78 Å². The maximum atomic E-state index is 12.0. The third-order valence-electron chi connectivity index (χ3n) is 1.82. The number of nitrogens with zero attached hydrogens (tertiary/aromatic N) is 1. The molecule has 0 saturated carbocycles. The molecule has 1 rings (SSSR count). The molecule has 1 N–H and O–H groups in total. The Morgan fingerprint density at radius 1 is 1.60 bits per heavy atom. The van der Waals surface area contributed by atoms with Gasteiger partial charge in [-0.2, -0.15) is 0 Å². The summed E-state index contributed by atoms with van der Waals surface area (Å²) in [6, 6.07) is 3.37. The number of amides is 1. The lowest BCUT2D eigenvalue weighted by Crippen LogP contribution is -2.30. The van der Waals surface area contributed by atoms with Crippen LogP contribution in [0.25, 0.3) is 0 Å². The number of thiophene rings is 1. The van der Waals surface area contributed by atoms with Gasteiger partial charge in [-0.05, 0) is 12.1 Å². The summed E-state index contributed by atoms with van der Waals surface area (Å²) in [5, 5.41) is 3.72. The first-order valence-corrected chi connectivity index (χ1v) is 5.17. The Labute approximate surface area is 90.7 Å². The largest absolute Gasteiger partial charge is 0.380 e. The molecule has 3 nitrogen and oxygen atoms in total. The van der Waals surface area contributed by atoms with E-state index in [0.29, 0.717) is 4.88 Å². The molecule has 1 aromatic rings. The maximum absolute atomic E-state index is 12.0. The molecule has 1 aromatic heterocycles. The first-order chi connectivity index (χ1) is 7.04. The Morgan fingerprint density at radius 3 is 2.73 bits per heavy atom. The highest BCUT2D eigenvalue weighted by Gasteiger charge is 2.17. The van der Waals surface area contributed by atoms with Crippen LogP contribution in [0.4, 0.5) is 13.8 Å². The van der Waals surface area contributed by atoms with Crippen LogP contribution in [-0.4, -0.2) is 37.9 Å². The summed E-state index contributed by atoms with van der Waals surface area (Å²) in [4.78, 5) is 13.1. The van der Waals surface area contributed by atoms with Crippen LogP contribution >= 0.6 is 11.3 Å². The molecular formula is C9H12F2N2OS. The molecular weight excluding hydrogens is 222 g/mol. The van der Waals surface area contributed by atoms with Crippen LogP contribution in [0, 0.1) is 0 Å². The zero-order chi connectivity index (χ0) is 11.4. The standard InChI is InChI=1S/C9H12F2N2OS/c1-12-8-4-3-6(15-8)9(14)13(2)5-7(10)11/h3-4,7,12H,5H2,1-2H3. The normalized spacial score (nSPS) is 10.5. The fraction of sp³-hybridized carbons (Fsp3) is 0.444. The van der Waals surface area contributed by atoms with Gasteiger partial charge < -0.3 is 10.2 Å². The molecule has 0 saturated heterocycles. The van der Waals surface area contributed by atoms with E-state index in [2.05, 4.69) is 5.32 Å². The summed E-state index contributed by atoms with van der Waals surface area (Å²) in [6.07, 6.45) is -2.50. The Morgan fingerprint density at radius 2 is 2.27 bits per heavy atom. The Kier molecular flexibility index (Phi) is 4.02. The van der Waals surface area contributed by atoms with Crippen LogP contribution in [0.3, 0.4) is 0 Å².